The number of hydrogen-bond acceptors (Lipinski definition) is 1. The molecular formula is C11H15IN2O. The van der Waals surface area contributed by atoms with Gasteiger partial charge in [-0.3, -0.25) is 0 Å². The SMILES string of the molecule is CC[C@@H](C)NC(=O)Nc1ccccc1I. The van der Waals surface area contributed by atoms with Crippen molar-refractivity contribution in [1.29, 1.82) is 0 Å². The van der Waals surface area contributed by atoms with Gasteiger partial charge in [0.2, 0.25) is 0 Å². The van der Waals surface area contributed by atoms with Crippen molar-refractivity contribution in [2.75, 3.05) is 5.32 Å². The number of carbonyl (C=O) groups is 1. The molecule has 1 aromatic rings. The van der Waals surface area contributed by atoms with Gasteiger partial charge in [-0.2, -0.15) is 0 Å². The van der Waals surface area contributed by atoms with E-state index in [1.807, 2.05) is 38.1 Å². The van der Waals surface area contributed by atoms with Crippen molar-refractivity contribution >= 4 is 34.3 Å². The minimum Gasteiger partial charge on any atom is -0.335 e. The van der Waals surface area contributed by atoms with Crippen molar-refractivity contribution < 1.29 is 4.79 Å². The molecule has 3 nitrogen and oxygen atoms in total. The molecule has 0 unspecified atom stereocenters. The van der Waals surface area contributed by atoms with Crippen LogP contribution in [0.2, 0.25) is 0 Å². The molecule has 0 fully saturated rings. The maximum Gasteiger partial charge on any atom is 0.319 e. The van der Waals surface area contributed by atoms with E-state index in [2.05, 4.69) is 33.2 Å². The lowest BCUT2D eigenvalue weighted by Crippen LogP contribution is -2.35. The van der Waals surface area contributed by atoms with Gasteiger partial charge in [-0.05, 0) is 48.1 Å². The first-order valence-electron chi connectivity index (χ1n) is 4.95. The Morgan fingerprint density at radius 2 is 2.13 bits per heavy atom. The molecule has 0 aliphatic rings. The molecule has 0 aromatic heterocycles. The molecule has 0 heterocycles. The van der Waals surface area contributed by atoms with Crippen LogP contribution in [0.3, 0.4) is 0 Å². The fraction of sp³-hybridized carbons (Fsp3) is 0.364. The zero-order valence-electron chi connectivity index (χ0n) is 8.88. The minimum absolute atomic E-state index is 0.145. The molecule has 0 radical (unpaired) electrons. The van der Waals surface area contributed by atoms with Gasteiger partial charge in [-0.1, -0.05) is 19.1 Å². The maximum atomic E-state index is 11.5. The zero-order chi connectivity index (χ0) is 11.3. The van der Waals surface area contributed by atoms with Gasteiger partial charge in [0, 0.05) is 9.61 Å². The Balaban J connectivity index is 2.55. The van der Waals surface area contributed by atoms with E-state index in [0.717, 1.165) is 15.7 Å². The summed E-state index contributed by atoms with van der Waals surface area (Å²) in [5.74, 6) is 0. The van der Waals surface area contributed by atoms with Gasteiger partial charge < -0.3 is 10.6 Å². The Labute approximate surface area is 104 Å². The molecule has 1 atom stereocenters. The number of halogens is 1. The normalized spacial score (nSPS) is 11.9. The van der Waals surface area contributed by atoms with E-state index in [9.17, 15) is 4.79 Å². The zero-order valence-corrected chi connectivity index (χ0v) is 11.0. The molecule has 0 aliphatic heterocycles. The van der Waals surface area contributed by atoms with Crippen LogP contribution >= 0.6 is 22.6 Å². The van der Waals surface area contributed by atoms with Gasteiger partial charge in [0.05, 0.1) is 5.69 Å². The standard InChI is InChI=1S/C11H15IN2O/c1-3-8(2)13-11(15)14-10-7-5-4-6-9(10)12/h4-8H,3H2,1-2H3,(H2,13,14,15)/t8-/m1/s1. The number of amides is 2. The molecular weight excluding hydrogens is 303 g/mol. The third-order valence-corrected chi connectivity index (χ3v) is 3.05. The lowest BCUT2D eigenvalue weighted by atomic mass is 10.3. The minimum atomic E-state index is -0.145. The fourth-order valence-electron chi connectivity index (χ4n) is 1.05. The summed E-state index contributed by atoms with van der Waals surface area (Å²) in [6.07, 6.45) is 0.930. The molecule has 15 heavy (non-hydrogen) atoms. The Morgan fingerprint density at radius 1 is 1.47 bits per heavy atom. The van der Waals surface area contributed by atoms with Crippen LogP contribution in [0.5, 0.6) is 0 Å². The molecule has 1 aromatic carbocycles. The topological polar surface area (TPSA) is 41.1 Å². The Hall–Kier alpha value is -0.780. The summed E-state index contributed by atoms with van der Waals surface area (Å²) < 4.78 is 1.04. The Bertz CT molecular complexity index is 341. The third kappa shape index (κ3) is 4.07. The van der Waals surface area contributed by atoms with E-state index in [-0.39, 0.29) is 12.1 Å². The summed E-state index contributed by atoms with van der Waals surface area (Å²) in [4.78, 5) is 11.5. The lowest BCUT2D eigenvalue weighted by Gasteiger charge is -2.13. The maximum absolute atomic E-state index is 11.5. The van der Waals surface area contributed by atoms with Gasteiger partial charge in [-0.15, -0.1) is 0 Å². The van der Waals surface area contributed by atoms with Gasteiger partial charge >= 0.3 is 6.03 Å². The van der Waals surface area contributed by atoms with Gasteiger partial charge in [0.25, 0.3) is 0 Å². The monoisotopic (exact) mass is 318 g/mol. The van der Waals surface area contributed by atoms with Gasteiger partial charge in [0.1, 0.15) is 0 Å². The summed E-state index contributed by atoms with van der Waals surface area (Å²) in [5, 5.41) is 5.67. The van der Waals surface area contributed by atoms with Crippen LogP contribution in [0.15, 0.2) is 24.3 Å². The molecule has 82 valence electrons. The summed E-state index contributed by atoms with van der Waals surface area (Å²) in [7, 11) is 0. The largest absolute Gasteiger partial charge is 0.335 e. The van der Waals surface area contributed by atoms with Gasteiger partial charge in [-0.25, -0.2) is 4.79 Å². The highest BCUT2D eigenvalue weighted by Gasteiger charge is 2.06. The number of rotatable bonds is 3. The van der Waals surface area contributed by atoms with E-state index in [1.54, 1.807) is 0 Å². The Morgan fingerprint density at radius 3 is 2.73 bits per heavy atom. The molecule has 0 aliphatic carbocycles. The summed E-state index contributed by atoms with van der Waals surface area (Å²) in [6, 6.07) is 7.75. The van der Waals surface area contributed by atoms with E-state index < -0.39 is 0 Å². The number of hydrogen-bond donors (Lipinski definition) is 2. The van der Waals surface area contributed by atoms with Crippen molar-refractivity contribution in [3.8, 4) is 0 Å². The molecule has 0 saturated heterocycles. The van der Waals surface area contributed by atoms with Crippen LogP contribution in [-0.2, 0) is 0 Å². The van der Waals surface area contributed by atoms with Crippen LogP contribution in [0, 0.1) is 3.57 Å². The van der Waals surface area contributed by atoms with Crippen LogP contribution in [0.25, 0.3) is 0 Å². The average molecular weight is 318 g/mol. The van der Waals surface area contributed by atoms with Crippen molar-refractivity contribution in [1.82, 2.24) is 5.32 Å². The van der Waals surface area contributed by atoms with Gasteiger partial charge in [0.15, 0.2) is 0 Å². The quantitative estimate of drug-likeness (QED) is 0.826. The van der Waals surface area contributed by atoms with Crippen molar-refractivity contribution in [2.24, 2.45) is 0 Å². The van der Waals surface area contributed by atoms with Crippen LogP contribution in [-0.4, -0.2) is 12.1 Å². The van der Waals surface area contributed by atoms with Crippen LogP contribution < -0.4 is 10.6 Å². The highest BCUT2D eigenvalue weighted by molar-refractivity contribution is 14.1. The highest BCUT2D eigenvalue weighted by Crippen LogP contribution is 2.16. The number of urea groups is 1. The van der Waals surface area contributed by atoms with E-state index in [1.165, 1.54) is 0 Å². The smallest absolute Gasteiger partial charge is 0.319 e. The number of nitrogens with one attached hydrogen (secondary N) is 2. The molecule has 2 N–H and O–H groups in total. The molecule has 1 rings (SSSR count). The first-order chi connectivity index (χ1) is 7.13. The van der Waals surface area contributed by atoms with E-state index >= 15 is 0 Å². The molecule has 0 spiro atoms. The summed E-state index contributed by atoms with van der Waals surface area (Å²) in [6.45, 7) is 4.02. The lowest BCUT2D eigenvalue weighted by molar-refractivity contribution is 0.249. The predicted molar refractivity (Wildman–Crippen MR) is 71.1 cm³/mol. The molecule has 0 bridgehead atoms. The van der Waals surface area contributed by atoms with E-state index in [0.29, 0.717) is 0 Å². The molecule has 2 amide bonds. The first-order valence-corrected chi connectivity index (χ1v) is 6.03. The Kier molecular flexibility index (Phi) is 4.87. The molecule has 4 heteroatoms. The summed E-state index contributed by atoms with van der Waals surface area (Å²) >= 11 is 2.19. The number of para-hydroxylation sites is 1. The van der Waals surface area contributed by atoms with Crippen molar-refractivity contribution in [3.05, 3.63) is 27.8 Å². The predicted octanol–water partition coefficient (Wildman–Crippen LogP) is 3.21. The van der Waals surface area contributed by atoms with Crippen LogP contribution in [0.1, 0.15) is 20.3 Å². The number of benzene rings is 1. The number of anilines is 1. The molecule has 0 saturated carbocycles. The van der Waals surface area contributed by atoms with Crippen LogP contribution in [0.4, 0.5) is 10.5 Å². The third-order valence-electron chi connectivity index (χ3n) is 2.11. The first kappa shape index (κ1) is 12.3. The number of carbonyl (C=O) groups excluding carboxylic acids is 1. The second-order valence-electron chi connectivity index (χ2n) is 3.39. The van der Waals surface area contributed by atoms with Crippen molar-refractivity contribution in [3.63, 3.8) is 0 Å². The second kappa shape index (κ2) is 5.95. The summed E-state index contributed by atoms with van der Waals surface area (Å²) in [5.41, 5.74) is 0.846. The highest BCUT2D eigenvalue weighted by atomic mass is 127. The second-order valence-corrected chi connectivity index (χ2v) is 4.55. The fourth-order valence-corrected chi connectivity index (χ4v) is 1.57. The van der Waals surface area contributed by atoms with Crippen molar-refractivity contribution in [2.45, 2.75) is 26.3 Å². The van der Waals surface area contributed by atoms with E-state index in [4.69, 9.17) is 0 Å². The average Bonchev–Trinajstić information content (AvgIpc) is 2.21.